The predicted molar refractivity (Wildman–Crippen MR) is 96.5 cm³/mol. The molecule has 0 saturated carbocycles. The molecule has 0 radical (unpaired) electrons. The number of aromatic nitrogens is 3. The van der Waals surface area contributed by atoms with Gasteiger partial charge in [0.2, 0.25) is 0 Å². The Morgan fingerprint density at radius 1 is 1.12 bits per heavy atom. The molecule has 2 heterocycles. The Morgan fingerprint density at radius 2 is 1.80 bits per heavy atom. The largest absolute Gasteiger partial charge is 0.275 e. The maximum absolute atomic E-state index is 12.7. The number of carbonyl (C=O) groups excluding carboxylic acids is 1. The van der Waals surface area contributed by atoms with Crippen molar-refractivity contribution in [3.8, 4) is 0 Å². The molecule has 0 aliphatic rings. The van der Waals surface area contributed by atoms with Crippen molar-refractivity contribution in [3.63, 3.8) is 0 Å². The second-order valence-corrected chi connectivity index (χ2v) is 6.14. The second-order valence-electron chi connectivity index (χ2n) is 6.14. The van der Waals surface area contributed by atoms with Crippen LogP contribution in [0.5, 0.6) is 0 Å². The van der Waals surface area contributed by atoms with Gasteiger partial charge in [-0.2, -0.15) is 5.10 Å². The molecule has 1 aromatic carbocycles. The molecule has 0 spiro atoms. The topological polar surface area (TPSA) is 69.2 Å². The van der Waals surface area contributed by atoms with Crippen molar-refractivity contribution >= 4 is 16.7 Å². The van der Waals surface area contributed by atoms with Gasteiger partial charge in [-0.3, -0.25) is 19.1 Å². The van der Waals surface area contributed by atoms with E-state index < -0.39 is 0 Å². The van der Waals surface area contributed by atoms with Crippen LogP contribution in [0.15, 0.2) is 58.4 Å². The molecule has 6 heteroatoms. The average molecular weight is 336 g/mol. The number of pyridine rings is 1. The summed E-state index contributed by atoms with van der Waals surface area (Å²) in [5.41, 5.74) is 1.01. The molecule has 0 saturated heterocycles. The summed E-state index contributed by atoms with van der Waals surface area (Å²) in [6.07, 6.45) is 1.66. The van der Waals surface area contributed by atoms with Crippen molar-refractivity contribution in [2.45, 2.75) is 33.4 Å². The minimum Gasteiger partial charge on any atom is -0.272 e. The average Bonchev–Trinajstić information content (AvgIpc) is 2.59. The molecule has 0 unspecified atom stereocenters. The Morgan fingerprint density at radius 3 is 2.52 bits per heavy atom. The van der Waals surface area contributed by atoms with Crippen molar-refractivity contribution in [2.24, 2.45) is 4.99 Å². The quantitative estimate of drug-likeness (QED) is 0.736. The molecule has 0 amide bonds. The first-order chi connectivity index (χ1) is 12.0. The molecule has 0 atom stereocenters. The lowest BCUT2D eigenvalue weighted by molar-refractivity contribution is 0.0878. The van der Waals surface area contributed by atoms with Crippen LogP contribution in [-0.4, -0.2) is 26.3 Å². The molecule has 3 rings (SSSR count). The maximum atomic E-state index is 12.7. The summed E-state index contributed by atoms with van der Waals surface area (Å²) in [4.78, 5) is 29.8. The van der Waals surface area contributed by atoms with Gasteiger partial charge in [0.05, 0.1) is 11.1 Å². The van der Waals surface area contributed by atoms with E-state index >= 15 is 0 Å². The van der Waals surface area contributed by atoms with Crippen LogP contribution in [0.2, 0.25) is 0 Å². The molecule has 25 heavy (non-hydrogen) atoms. The van der Waals surface area contributed by atoms with Gasteiger partial charge in [0.1, 0.15) is 12.0 Å². The van der Waals surface area contributed by atoms with Gasteiger partial charge in [-0.25, -0.2) is 4.68 Å². The summed E-state index contributed by atoms with van der Waals surface area (Å²) in [7, 11) is 0. The third kappa shape index (κ3) is 3.42. The molecule has 3 aromatic rings. The first-order valence-electron chi connectivity index (χ1n) is 8.18. The number of hydrogen-bond donors (Lipinski definition) is 0. The molecule has 0 fully saturated rings. The Hall–Kier alpha value is -3.02. The second kappa shape index (κ2) is 6.84. The zero-order valence-electron chi connectivity index (χ0n) is 14.5. The fourth-order valence-corrected chi connectivity index (χ4v) is 2.73. The molecule has 0 aliphatic heterocycles. The summed E-state index contributed by atoms with van der Waals surface area (Å²) in [5, 5.41) is 5.66. The van der Waals surface area contributed by atoms with Gasteiger partial charge in [-0.1, -0.05) is 24.3 Å². The highest BCUT2D eigenvalue weighted by molar-refractivity contribution is 5.84. The minimum absolute atomic E-state index is 0.0604. The van der Waals surface area contributed by atoms with E-state index in [1.54, 1.807) is 30.5 Å². The molecule has 0 N–H and O–H groups in total. The fraction of sp³-hybridized carbons (Fsp3) is 0.263. The highest BCUT2D eigenvalue weighted by Gasteiger charge is 2.12. The summed E-state index contributed by atoms with van der Waals surface area (Å²) in [6.45, 7) is 5.58. The smallest absolute Gasteiger partial charge is 0.272 e. The molecule has 0 aliphatic carbocycles. The van der Waals surface area contributed by atoms with Gasteiger partial charge in [-0.15, -0.1) is 0 Å². The summed E-state index contributed by atoms with van der Waals surface area (Å²) >= 11 is 0. The zero-order chi connectivity index (χ0) is 18.0. The Kier molecular flexibility index (Phi) is 4.61. The van der Waals surface area contributed by atoms with Crippen LogP contribution in [0.4, 0.5) is 0 Å². The number of hydrogen-bond acceptors (Lipinski definition) is 4. The minimum atomic E-state index is -0.270. The molecule has 0 bridgehead atoms. The van der Waals surface area contributed by atoms with Crippen molar-refractivity contribution in [2.75, 3.05) is 0 Å². The summed E-state index contributed by atoms with van der Waals surface area (Å²) in [5.74, 6) is -0.260. The molecular weight excluding hydrogens is 316 g/mol. The number of rotatable bonds is 3. The fourth-order valence-electron chi connectivity index (χ4n) is 2.73. The molecule has 2 aromatic heterocycles. The van der Waals surface area contributed by atoms with E-state index in [0.717, 1.165) is 5.39 Å². The van der Waals surface area contributed by atoms with Crippen LogP contribution in [0.25, 0.3) is 10.8 Å². The zero-order valence-corrected chi connectivity index (χ0v) is 14.5. The molecule has 128 valence electrons. The van der Waals surface area contributed by atoms with Crippen LogP contribution in [-0.2, 0) is 6.54 Å². The van der Waals surface area contributed by atoms with Crippen LogP contribution in [0, 0.1) is 6.92 Å². The van der Waals surface area contributed by atoms with Gasteiger partial charge in [0, 0.05) is 17.6 Å². The van der Waals surface area contributed by atoms with Crippen molar-refractivity contribution in [1.82, 2.24) is 14.3 Å². The standard InChI is InChI=1S/C19H20N4O2/c1-13(2)20-17-10-6-7-11-22(17)18(24)12-23-19(25)16-9-5-4-8-15(16)14(3)21-23/h4-11,13H,12H2,1-3H3. The van der Waals surface area contributed by atoms with E-state index in [0.29, 0.717) is 16.6 Å². The number of carbonyl (C=O) groups is 1. The Balaban J connectivity index is 2.05. The first kappa shape index (κ1) is 16.8. The van der Waals surface area contributed by atoms with E-state index in [2.05, 4.69) is 10.1 Å². The number of nitrogens with zero attached hydrogens (tertiary/aromatic N) is 4. The van der Waals surface area contributed by atoms with E-state index in [1.165, 1.54) is 9.25 Å². The van der Waals surface area contributed by atoms with Crippen LogP contribution in [0.3, 0.4) is 0 Å². The van der Waals surface area contributed by atoms with Crippen LogP contribution >= 0.6 is 0 Å². The van der Waals surface area contributed by atoms with E-state index in [4.69, 9.17) is 0 Å². The van der Waals surface area contributed by atoms with Gasteiger partial charge >= 0.3 is 0 Å². The summed E-state index contributed by atoms with van der Waals surface area (Å²) < 4.78 is 2.68. The number of fused-ring (bicyclic) bond motifs is 1. The highest BCUT2D eigenvalue weighted by Crippen LogP contribution is 2.11. The molecule has 6 nitrogen and oxygen atoms in total. The monoisotopic (exact) mass is 336 g/mol. The Bertz CT molecular complexity index is 1060. The van der Waals surface area contributed by atoms with Gasteiger partial charge in [0.15, 0.2) is 0 Å². The lowest BCUT2D eigenvalue weighted by atomic mass is 10.1. The van der Waals surface area contributed by atoms with Gasteiger partial charge in [-0.05, 0) is 39.0 Å². The SMILES string of the molecule is Cc1nn(CC(=O)n2ccccc2=NC(C)C)c(=O)c2ccccc12. The lowest BCUT2D eigenvalue weighted by Gasteiger charge is -2.10. The van der Waals surface area contributed by atoms with Crippen molar-refractivity contribution in [1.29, 1.82) is 0 Å². The number of aryl methyl sites for hydroxylation is 1. The third-order valence-corrected chi connectivity index (χ3v) is 3.83. The van der Waals surface area contributed by atoms with Crippen LogP contribution in [0.1, 0.15) is 24.3 Å². The predicted octanol–water partition coefficient (Wildman–Crippen LogP) is 2.16. The first-order valence-corrected chi connectivity index (χ1v) is 8.18. The van der Waals surface area contributed by atoms with Gasteiger partial charge in [0.25, 0.3) is 11.5 Å². The van der Waals surface area contributed by atoms with Crippen LogP contribution < -0.4 is 11.0 Å². The summed E-state index contributed by atoms with van der Waals surface area (Å²) in [6, 6.07) is 12.7. The van der Waals surface area contributed by atoms with E-state index in [1.807, 2.05) is 39.0 Å². The lowest BCUT2D eigenvalue weighted by Crippen LogP contribution is -2.34. The normalized spacial score (nSPS) is 12.1. The third-order valence-electron chi connectivity index (χ3n) is 3.83. The van der Waals surface area contributed by atoms with E-state index in [-0.39, 0.29) is 24.1 Å². The number of benzene rings is 1. The highest BCUT2D eigenvalue weighted by atomic mass is 16.2. The Labute approximate surface area is 145 Å². The van der Waals surface area contributed by atoms with Gasteiger partial charge < -0.3 is 0 Å². The van der Waals surface area contributed by atoms with E-state index in [9.17, 15) is 9.59 Å². The molecular formula is C19H20N4O2. The van der Waals surface area contributed by atoms with Crippen molar-refractivity contribution in [3.05, 3.63) is 70.2 Å². The van der Waals surface area contributed by atoms with Crippen molar-refractivity contribution < 1.29 is 4.79 Å². The maximum Gasteiger partial charge on any atom is 0.275 e.